The van der Waals surface area contributed by atoms with E-state index in [1.54, 1.807) is 0 Å². The Balaban J connectivity index is 1.60. The number of hydrogen-bond donors (Lipinski definition) is 1. The predicted molar refractivity (Wildman–Crippen MR) is 68.8 cm³/mol. The SMILES string of the molecule is Cc1cnccc1CNC1CN2CCC1CC2. The van der Waals surface area contributed by atoms with Crippen molar-refractivity contribution in [2.24, 2.45) is 5.92 Å². The van der Waals surface area contributed by atoms with Crippen LogP contribution in [0.5, 0.6) is 0 Å². The molecule has 3 aliphatic rings. The van der Waals surface area contributed by atoms with Gasteiger partial charge in [0.2, 0.25) is 0 Å². The van der Waals surface area contributed by atoms with Gasteiger partial charge in [-0.1, -0.05) is 0 Å². The molecule has 1 N–H and O–H groups in total. The smallest absolute Gasteiger partial charge is 0.0300 e. The fourth-order valence-corrected chi connectivity index (χ4v) is 3.14. The molecule has 3 heteroatoms. The molecule has 1 atom stereocenters. The first kappa shape index (κ1) is 11.2. The Morgan fingerprint density at radius 1 is 1.41 bits per heavy atom. The summed E-state index contributed by atoms with van der Waals surface area (Å²) in [7, 11) is 0. The maximum Gasteiger partial charge on any atom is 0.0300 e. The molecule has 4 heterocycles. The van der Waals surface area contributed by atoms with E-state index in [2.05, 4.69) is 28.2 Å². The molecule has 2 bridgehead atoms. The lowest BCUT2D eigenvalue weighted by Crippen LogP contribution is -2.55. The number of nitrogens with zero attached hydrogens (tertiary/aromatic N) is 2. The second-order valence-electron chi connectivity index (χ2n) is 5.43. The summed E-state index contributed by atoms with van der Waals surface area (Å²) in [4.78, 5) is 6.74. The second-order valence-corrected chi connectivity index (χ2v) is 5.43. The Morgan fingerprint density at radius 2 is 2.24 bits per heavy atom. The van der Waals surface area contributed by atoms with E-state index in [0.717, 1.165) is 12.5 Å². The van der Waals surface area contributed by atoms with Crippen LogP contribution in [0.3, 0.4) is 0 Å². The van der Waals surface area contributed by atoms with Gasteiger partial charge in [-0.15, -0.1) is 0 Å². The van der Waals surface area contributed by atoms with E-state index < -0.39 is 0 Å². The van der Waals surface area contributed by atoms with Gasteiger partial charge < -0.3 is 10.2 Å². The molecule has 1 unspecified atom stereocenters. The van der Waals surface area contributed by atoms with Crippen molar-refractivity contribution in [3.63, 3.8) is 0 Å². The molecular formula is C14H21N3. The molecule has 0 radical (unpaired) electrons. The standard InChI is InChI=1S/C14H21N3/c1-11-8-15-5-2-13(11)9-16-14-10-17-6-3-12(14)4-7-17/h2,5,8,12,14,16H,3-4,6-7,9-10H2,1H3. The summed E-state index contributed by atoms with van der Waals surface area (Å²) in [6, 6.07) is 2.83. The van der Waals surface area contributed by atoms with Gasteiger partial charge in [-0.05, 0) is 56.0 Å². The minimum absolute atomic E-state index is 0.699. The van der Waals surface area contributed by atoms with E-state index in [0.29, 0.717) is 6.04 Å². The number of pyridine rings is 1. The van der Waals surface area contributed by atoms with Crippen LogP contribution < -0.4 is 5.32 Å². The van der Waals surface area contributed by atoms with Crippen LogP contribution in [0.1, 0.15) is 24.0 Å². The first-order valence-electron chi connectivity index (χ1n) is 6.68. The fourth-order valence-electron chi connectivity index (χ4n) is 3.14. The van der Waals surface area contributed by atoms with E-state index >= 15 is 0 Å². The summed E-state index contributed by atoms with van der Waals surface area (Å²) in [6.45, 7) is 7.01. The zero-order chi connectivity index (χ0) is 11.7. The Hall–Kier alpha value is -0.930. The quantitative estimate of drug-likeness (QED) is 0.856. The zero-order valence-electron chi connectivity index (χ0n) is 10.5. The summed E-state index contributed by atoms with van der Waals surface area (Å²) in [5.41, 5.74) is 2.68. The van der Waals surface area contributed by atoms with Crippen LogP contribution in [0.25, 0.3) is 0 Å². The van der Waals surface area contributed by atoms with Crippen LogP contribution in [-0.4, -0.2) is 35.6 Å². The van der Waals surface area contributed by atoms with E-state index in [1.807, 2.05) is 12.4 Å². The highest BCUT2D eigenvalue weighted by molar-refractivity contribution is 5.21. The molecule has 1 aromatic rings. The third-order valence-electron chi connectivity index (χ3n) is 4.35. The zero-order valence-corrected chi connectivity index (χ0v) is 10.5. The number of nitrogens with one attached hydrogen (secondary N) is 1. The summed E-state index contributed by atoms with van der Waals surface area (Å²) in [5.74, 6) is 0.905. The fraction of sp³-hybridized carbons (Fsp3) is 0.643. The van der Waals surface area contributed by atoms with Crippen molar-refractivity contribution in [2.75, 3.05) is 19.6 Å². The van der Waals surface area contributed by atoms with Crippen molar-refractivity contribution in [3.8, 4) is 0 Å². The van der Waals surface area contributed by atoms with E-state index in [-0.39, 0.29) is 0 Å². The van der Waals surface area contributed by atoms with Crippen molar-refractivity contribution in [3.05, 3.63) is 29.6 Å². The lowest BCUT2D eigenvalue weighted by molar-refractivity contribution is 0.0720. The van der Waals surface area contributed by atoms with E-state index in [1.165, 1.54) is 43.6 Å². The number of fused-ring (bicyclic) bond motifs is 3. The molecular weight excluding hydrogens is 210 g/mol. The minimum atomic E-state index is 0.699. The normalized spacial score (nSPS) is 31.7. The molecule has 3 nitrogen and oxygen atoms in total. The highest BCUT2D eigenvalue weighted by Gasteiger charge is 2.33. The second kappa shape index (κ2) is 4.75. The van der Waals surface area contributed by atoms with Gasteiger partial charge in [0.15, 0.2) is 0 Å². The molecule has 3 aliphatic heterocycles. The molecule has 4 rings (SSSR count). The first-order valence-corrected chi connectivity index (χ1v) is 6.68. The average molecular weight is 231 g/mol. The number of piperidine rings is 3. The van der Waals surface area contributed by atoms with Gasteiger partial charge in [0, 0.05) is 31.5 Å². The van der Waals surface area contributed by atoms with Gasteiger partial charge >= 0.3 is 0 Å². The Kier molecular flexibility index (Phi) is 3.12. The minimum Gasteiger partial charge on any atom is -0.308 e. The molecule has 3 saturated heterocycles. The summed E-state index contributed by atoms with van der Waals surface area (Å²) in [6.07, 6.45) is 6.61. The van der Waals surface area contributed by atoms with Crippen LogP contribution in [0.2, 0.25) is 0 Å². The molecule has 92 valence electrons. The average Bonchev–Trinajstić information content (AvgIpc) is 2.39. The van der Waals surface area contributed by atoms with Crippen LogP contribution >= 0.6 is 0 Å². The van der Waals surface area contributed by atoms with E-state index in [4.69, 9.17) is 0 Å². The maximum atomic E-state index is 4.14. The highest BCUT2D eigenvalue weighted by atomic mass is 15.2. The largest absolute Gasteiger partial charge is 0.308 e. The van der Waals surface area contributed by atoms with Crippen LogP contribution in [-0.2, 0) is 6.54 Å². The van der Waals surface area contributed by atoms with Gasteiger partial charge in [0.25, 0.3) is 0 Å². The molecule has 0 amide bonds. The molecule has 0 spiro atoms. The van der Waals surface area contributed by atoms with Crippen molar-refractivity contribution in [1.29, 1.82) is 0 Å². The van der Waals surface area contributed by atoms with Gasteiger partial charge in [0.1, 0.15) is 0 Å². The first-order chi connectivity index (χ1) is 8.33. The number of hydrogen-bond acceptors (Lipinski definition) is 3. The van der Waals surface area contributed by atoms with Crippen molar-refractivity contribution in [2.45, 2.75) is 32.4 Å². The lowest BCUT2D eigenvalue weighted by atomic mass is 9.84. The molecule has 0 aromatic carbocycles. The van der Waals surface area contributed by atoms with Gasteiger partial charge in [-0.25, -0.2) is 0 Å². The molecule has 3 fully saturated rings. The topological polar surface area (TPSA) is 28.2 Å². The van der Waals surface area contributed by atoms with Crippen molar-refractivity contribution >= 4 is 0 Å². The summed E-state index contributed by atoms with van der Waals surface area (Å²) in [5, 5.41) is 3.74. The Bertz CT molecular complexity index is 383. The number of aryl methyl sites for hydroxylation is 1. The lowest BCUT2D eigenvalue weighted by Gasteiger charge is -2.45. The molecule has 0 saturated carbocycles. The number of aromatic nitrogens is 1. The molecule has 17 heavy (non-hydrogen) atoms. The van der Waals surface area contributed by atoms with Gasteiger partial charge in [-0.3, -0.25) is 4.98 Å². The monoisotopic (exact) mass is 231 g/mol. The highest BCUT2D eigenvalue weighted by Crippen LogP contribution is 2.27. The third kappa shape index (κ3) is 2.35. The van der Waals surface area contributed by atoms with Crippen LogP contribution in [0.4, 0.5) is 0 Å². The number of rotatable bonds is 3. The van der Waals surface area contributed by atoms with Crippen molar-refractivity contribution < 1.29 is 0 Å². The van der Waals surface area contributed by atoms with E-state index in [9.17, 15) is 0 Å². The molecule has 0 aliphatic carbocycles. The van der Waals surface area contributed by atoms with Gasteiger partial charge in [-0.2, -0.15) is 0 Å². The predicted octanol–water partition coefficient (Wildman–Crippen LogP) is 1.57. The van der Waals surface area contributed by atoms with Gasteiger partial charge in [0.05, 0.1) is 0 Å². The van der Waals surface area contributed by atoms with Crippen LogP contribution in [0.15, 0.2) is 18.5 Å². The molecule has 1 aromatic heterocycles. The van der Waals surface area contributed by atoms with Crippen LogP contribution in [0, 0.1) is 12.8 Å². The summed E-state index contributed by atoms with van der Waals surface area (Å²) < 4.78 is 0. The summed E-state index contributed by atoms with van der Waals surface area (Å²) >= 11 is 0. The third-order valence-corrected chi connectivity index (χ3v) is 4.35. The Morgan fingerprint density at radius 3 is 2.88 bits per heavy atom. The van der Waals surface area contributed by atoms with Crippen molar-refractivity contribution in [1.82, 2.24) is 15.2 Å². The maximum absolute atomic E-state index is 4.14. The Labute approximate surface area is 103 Å².